The third-order valence-electron chi connectivity index (χ3n) is 1.40. The Morgan fingerprint density at radius 2 is 2.07 bits per heavy atom. The van der Waals surface area contributed by atoms with Crippen molar-refractivity contribution < 1.29 is 6.22 Å². The number of hydrogen-bond donors (Lipinski definition) is 2. The van der Waals surface area contributed by atoms with Gasteiger partial charge in [0, 0.05) is 1.43 Å². The molecule has 0 saturated heterocycles. The van der Waals surface area contributed by atoms with Crippen molar-refractivity contribution in [2.75, 3.05) is 11.1 Å². The number of nitrogens with two attached hydrogens (primary N) is 1. The summed E-state index contributed by atoms with van der Waals surface area (Å²) in [6.45, 7) is 7.33. The topological polar surface area (TPSA) is 55.1 Å². The second-order valence-electron chi connectivity index (χ2n) is 2.28. The minimum atomic E-state index is -0.257. The number of amides is 1. The van der Waals surface area contributed by atoms with Crippen molar-refractivity contribution >= 4 is 17.3 Å². The van der Waals surface area contributed by atoms with Gasteiger partial charge in [0.05, 0.1) is 11.4 Å². The summed E-state index contributed by atoms with van der Waals surface area (Å²) >= 11 is 0. The maximum atomic E-state index is 10.8. The van der Waals surface area contributed by atoms with E-state index in [0.717, 1.165) is 0 Å². The van der Waals surface area contributed by atoms with E-state index < -0.39 is 0 Å². The lowest BCUT2D eigenvalue weighted by Gasteiger charge is -2.04. The molecule has 14 heavy (non-hydrogen) atoms. The maximum absolute atomic E-state index is 10.8. The van der Waals surface area contributed by atoms with Crippen molar-refractivity contribution in [1.82, 2.24) is 0 Å². The molecule has 0 aliphatic heterocycles. The van der Waals surface area contributed by atoms with E-state index in [0.29, 0.717) is 11.4 Å². The smallest absolute Gasteiger partial charge is 0.247 e. The van der Waals surface area contributed by atoms with Gasteiger partial charge in [-0.15, -0.1) is 0 Å². The number of hydrogen-bond acceptors (Lipinski definition) is 2. The number of nitrogen functional groups attached to an aromatic ring is 1. The molecule has 0 aromatic heterocycles. The molecule has 1 aromatic carbocycles. The number of benzene rings is 1. The van der Waals surface area contributed by atoms with Crippen molar-refractivity contribution in [3.05, 3.63) is 36.9 Å². The van der Waals surface area contributed by atoms with Crippen LogP contribution in [0.2, 0.25) is 0 Å². The van der Waals surface area contributed by atoms with Crippen LogP contribution >= 0.6 is 0 Å². The summed E-state index contributed by atoms with van der Waals surface area (Å²) in [6.07, 6.45) is 1.20. The Morgan fingerprint density at radius 3 is 2.57 bits per heavy atom. The zero-order chi connectivity index (χ0) is 11.0. The number of nitrogens with one attached hydrogen (secondary N) is 1. The SMILES string of the molecule is C=CC(=O)Nc1ccccc1N.CC.[HH]. The molecule has 0 heterocycles. The van der Waals surface area contributed by atoms with E-state index in [9.17, 15) is 4.79 Å². The van der Waals surface area contributed by atoms with E-state index in [-0.39, 0.29) is 7.33 Å². The van der Waals surface area contributed by atoms with Crippen LogP contribution in [0.4, 0.5) is 11.4 Å². The van der Waals surface area contributed by atoms with E-state index in [1.165, 1.54) is 6.08 Å². The second-order valence-corrected chi connectivity index (χ2v) is 2.28. The van der Waals surface area contributed by atoms with Crippen LogP contribution in [-0.4, -0.2) is 5.91 Å². The molecule has 1 amide bonds. The number of carbonyl (C=O) groups excluding carboxylic acids is 1. The van der Waals surface area contributed by atoms with Gasteiger partial charge in [0.2, 0.25) is 5.91 Å². The Kier molecular flexibility index (Phi) is 5.87. The molecule has 0 aliphatic carbocycles. The van der Waals surface area contributed by atoms with Gasteiger partial charge >= 0.3 is 0 Å². The van der Waals surface area contributed by atoms with Crippen LogP contribution in [0.1, 0.15) is 15.3 Å². The quantitative estimate of drug-likeness (QED) is 0.561. The molecular formula is C11H18N2O. The van der Waals surface area contributed by atoms with E-state index >= 15 is 0 Å². The van der Waals surface area contributed by atoms with Gasteiger partial charge in [0.15, 0.2) is 0 Å². The van der Waals surface area contributed by atoms with Crippen molar-refractivity contribution in [2.45, 2.75) is 13.8 Å². The van der Waals surface area contributed by atoms with Gasteiger partial charge < -0.3 is 11.1 Å². The molecule has 0 radical (unpaired) electrons. The van der Waals surface area contributed by atoms with Crippen LogP contribution < -0.4 is 11.1 Å². The number of carbonyl (C=O) groups is 1. The average molecular weight is 194 g/mol. The average Bonchev–Trinajstić information content (AvgIpc) is 2.24. The van der Waals surface area contributed by atoms with Gasteiger partial charge in [-0.25, -0.2) is 0 Å². The van der Waals surface area contributed by atoms with Crippen LogP contribution in [-0.2, 0) is 4.79 Å². The zero-order valence-electron chi connectivity index (χ0n) is 8.58. The van der Waals surface area contributed by atoms with Gasteiger partial charge in [-0.3, -0.25) is 4.79 Å². The first-order valence-corrected chi connectivity index (χ1v) is 4.52. The summed E-state index contributed by atoms with van der Waals surface area (Å²) in [5.41, 5.74) is 6.74. The third-order valence-corrected chi connectivity index (χ3v) is 1.40. The third kappa shape index (κ3) is 3.76. The summed E-state index contributed by atoms with van der Waals surface area (Å²) < 4.78 is 0. The summed E-state index contributed by atoms with van der Waals surface area (Å²) in [5.74, 6) is -0.257. The minimum Gasteiger partial charge on any atom is -0.397 e. The van der Waals surface area contributed by atoms with Gasteiger partial charge in [-0.1, -0.05) is 32.6 Å². The monoisotopic (exact) mass is 194 g/mol. The first-order chi connectivity index (χ1) is 6.74. The predicted molar refractivity (Wildman–Crippen MR) is 63.1 cm³/mol. The normalized spacial score (nSPS) is 8.14. The van der Waals surface area contributed by atoms with Gasteiger partial charge in [-0.2, -0.15) is 0 Å². The van der Waals surface area contributed by atoms with Crippen LogP contribution in [0.25, 0.3) is 0 Å². The lowest BCUT2D eigenvalue weighted by atomic mass is 10.2. The van der Waals surface area contributed by atoms with Crippen LogP contribution in [0.5, 0.6) is 0 Å². The number of para-hydroxylation sites is 2. The molecular weight excluding hydrogens is 176 g/mol. The highest BCUT2D eigenvalue weighted by molar-refractivity contribution is 6.00. The zero-order valence-corrected chi connectivity index (χ0v) is 8.58. The van der Waals surface area contributed by atoms with Gasteiger partial charge in [0.25, 0.3) is 0 Å². The fraction of sp³-hybridized carbons (Fsp3) is 0.182. The minimum absolute atomic E-state index is 0. The van der Waals surface area contributed by atoms with Crippen LogP contribution in [0, 0.1) is 0 Å². The molecule has 0 aliphatic rings. The molecule has 0 atom stereocenters. The summed E-state index contributed by atoms with van der Waals surface area (Å²) in [6, 6.07) is 7.06. The Morgan fingerprint density at radius 1 is 1.50 bits per heavy atom. The fourth-order valence-corrected chi connectivity index (χ4v) is 0.795. The summed E-state index contributed by atoms with van der Waals surface area (Å²) in [5, 5.41) is 2.58. The van der Waals surface area contributed by atoms with E-state index in [1.54, 1.807) is 24.3 Å². The maximum Gasteiger partial charge on any atom is 0.247 e. The van der Waals surface area contributed by atoms with Crippen LogP contribution in [0.3, 0.4) is 0 Å². The van der Waals surface area contributed by atoms with Crippen molar-refractivity contribution in [1.29, 1.82) is 0 Å². The van der Waals surface area contributed by atoms with E-state index in [1.807, 2.05) is 13.8 Å². The Labute approximate surface area is 86.1 Å². The van der Waals surface area contributed by atoms with Crippen LogP contribution in [0.15, 0.2) is 36.9 Å². The van der Waals surface area contributed by atoms with Gasteiger partial charge in [0.1, 0.15) is 0 Å². The highest BCUT2D eigenvalue weighted by Gasteiger charge is 1.98. The fourth-order valence-electron chi connectivity index (χ4n) is 0.795. The molecule has 78 valence electrons. The summed E-state index contributed by atoms with van der Waals surface area (Å²) in [4.78, 5) is 10.8. The number of rotatable bonds is 2. The predicted octanol–water partition coefficient (Wildman–Crippen LogP) is 2.67. The van der Waals surface area contributed by atoms with E-state index in [4.69, 9.17) is 5.73 Å². The molecule has 1 aromatic rings. The Hall–Kier alpha value is -1.77. The summed E-state index contributed by atoms with van der Waals surface area (Å²) in [7, 11) is 0. The lowest BCUT2D eigenvalue weighted by molar-refractivity contribution is -0.111. The van der Waals surface area contributed by atoms with Gasteiger partial charge in [-0.05, 0) is 18.2 Å². The molecule has 0 saturated carbocycles. The standard InChI is InChI=1S/C9H10N2O.C2H6.H2/c1-2-9(12)11-8-6-4-3-5-7(8)10;1-2;/h2-6H,1,10H2,(H,11,12);1-2H3;1H. The molecule has 3 nitrogen and oxygen atoms in total. The highest BCUT2D eigenvalue weighted by atomic mass is 16.1. The first-order valence-electron chi connectivity index (χ1n) is 4.52. The van der Waals surface area contributed by atoms with E-state index in [2.05, 4.69) is 11.9 Å². The Bertz CT molecular complexity index is 313. The molecule has 0 bridgehead atoms. The molecule has 0 unspecified atom stereocenters. The van der Waals surface area contributed by atoms with Crippen molar-refractivity contribution in [3.8, 4) is 0 Å². The molecule has 3 N–H and O–H groups in total. The largest absolute Gasteiger partial charge is 0.397 e. The molecule has 0 fully saturated rings. The second kappa shape index (κ2) is 6.71. The number of anilines is 2. The first kappa shape index (κ1) is 12.2. The molecule has 0 spiro atoms. The highest BCUT2D eigenvalue weighted by Crippen LogP contribution is 2.16. The Balaban J connectivity index is 0. The van der Waals surface area contributed by atoms with Crippen molar-refractivity contribution in [3.63, 3.8) is 0 Å². The lowest BCUT2D eigenvalue weighted by Crippen LogP contribution is -2.08. The van der Waals surface area contributed by atoms with Crippen molar-refractivity contribution in [2.24, 2.45) is 0 Å². The molecule has 1 rings (SSSR count). The molecule has 3 heteroatoms.